The first-order valence-electron chi connectivity index (χ1n) is 11.0. The Morgan fingerprint density at radius 3 is 1.57 bits per heavy atom. The molecule has 0 bridgehead atoms. The number of fused-ring (bicyclic) bond motifs is 5. The number of allylic oxidation sites excluding steroid dienone is 1. The van der Waals surface area contributed by atoms with Crippen molar-refractivity contribution in [3.05, 3.63) is 103 Å². The minimum Gasteiger partial charge on any atom is -0.453 e. The average molecular weight is 567 g/mol. The number of carbonyl (C=O) groups is 2. The fourth-order valence-electron chi connectivity index (χ4n) is 4.85. The van der Waals surface area contributed by atoms with Crippen LogP contribution in [0.1, 0.15) is 26.3 Å². The topological polar surface area (TPSA) is 55.8 Å². The molecule has 0 unspecified atom stereocenters. The van der Waals surface area contributed by atoms with Crippen molar-refractivity contribution in [2.24, 2.45) is 0 Å². The van der Waals surface area contributed by atoms with Crippen LogP contribution >= 0.6 is 46.4 Å². The Balaban J connectivity index is 1.41. The van der Waals surface area contributed by atoms with Crippen molar-refractivity contribution in [3.63, 3.8) is 0 Å². The molecule has 3 aliphatic rings. The fraction of sp³-hybridized carbons (Fsp3) is 0. The van der Waals surface area contributed by atoms with Crippen LogP contribution in [0, 0.1) is 0 Å². The van der Waals surface area contributed by atoms with Crippen LogP contribution in [-0.4, -0.2) is 11.6 Å². The van der Waals surface area contributed by atoms with Crippen molar-refractivity contribution in [1.82, 2.24) is 0 Å². The van der Waals surface area contributed by atoms with Gasteiger partial charge in [-0.1, -0.05) is 70.7 Å². The first-order chi connectivity index (χ1) is 17.8. The van der Waals surface area contributed by atoms with E-state index in [4.69, 9.17) is 55.9 Å². The third kappa shape index (κ3) is 3.12. The highest BCUT2D eigenvalue weighted by molar-refractivity contribution is 6.57. The fourth-order valence-corrected chi connectivity index (χ4v) is 5.88. The summed E-state index contributed by atoms with van der Waals surface area (Å²) in [6.07, 6.45) is 1.47. The summed E-state index contributed by atoms with van der Waals surface area (Å²) in [5.74, 6) is 1.16. The second-order valence-corrected chi connectivity index (χ2v) is 10.1. The molecule has 5 nitrogen and oxygen atoms in total. The SMILES string of the molecule is O=C1C(=Cc2cc3c4c(c2)Oc2ccccc2N4c2ccccc2O3)C(=O)c2c(Cl)c(Cl)c(Cl)c(Cl)c21. The van der Waals surface area contributed by atoms with Crippen LogP contribution in [0.2, 0.25) is 20.1 Å². The van der Waals surface area contributed by atoms with E-state index in [9.17, 15) is 9.59 Å². The van der Waals surface area contributed by atoms with Gasteiger partial charge in [0.15, 0.2) is 34.6 Å². The molecule has 4 aromatic rings. The third-order valence-corrected chi connectivity index (χ3v) is 8.26. The molecule has 0 fully saturated rings. The highest BCUT2D eigenvalue weighted by Gasteiger charge is 2.40. The maximum Gasteiger partial charge on any atom is 0.199 e. The van der Waals surface area contributed by atoms with Crippen LogP contribution < -0.4 is 14.4 Å². The van der Waals surface area contributed by atoms with E-state index in [0.29, 0.717) is 28.6 Å². The molecule has 7 rings (SSSR count). The normalized spacial score (nSPS) is 14.4. The molecule has 2 heterocycles. The largest absolute Gasteiger partial charge is 0.453 e. The number of benzene rings is 4. The smallest absolute Gasteiger partial charge is 0.199 e. The van der Waals surface area contributed by atoms with Crippen LogP contribution in [0.15, 0.2) is 66.2 Å². The Morgan fingerprint density at radius 2 is 1.08 bits per heavy atom. The Hall–Kier alpha value is -3.48. The Labute approximate surface area is 230 Å². The van der Waals surface area contributed by atoms with Crippen LogP contribution in [0.25, 0.3) is 6.08 Å². The summed E-state index contributed by atoms with van der Waals surface area (Å²) in [4.78, 5) is 28.6. The Bertz CT molecular complexity index is 1660. The summed E-state index contributed by atoms with van der Waals surface area (Å²) < 4.78 is 12.5. The minimum absolute atomic E-state index is 0.0573. The lowest BCUT2D eigenvalue weighted by molar-refractivity contribution is 0.0990. The van der Waals surface area contributed by atoms with Gasteiger partial charge in [-0.3, -0.25) is 14.5 Å². The predicted molar refractivity (Wildman–Crippen MR) is 144 cm³/mol. The number of Topliss-reactive ketones (excluding diaryl/α,β-unsaturated/α-hetero) is 2. The van der Waals surface area contributed by atoms with E-state index in [1.54, 1.807) is 12.1 Å². The van der Waals surface area contributed by atoms with Gasteiger partial charge in [-0.15, -0.1) is 0 Å². The number of anilines is 3. The van der Waals surface area contributed by atoms with E-state index in [1.807, 2.05) is 48.5 Å². The molecule has 0 atom stereocenters. The second kappa shape index (κ2) is 8.01. The van der Waals surface area contributed by atoms with Gasteiger partial charge in [-0.05, 0) is 48.0 Å². The van der Waals surface area contributed by atoms with E-state index in [-0.39, 0.29) is 36.8 Å². The molecule has 180 valence electrons. The van der Waals surface area contributed by atoms with Gasteiger partial charge in [0.2, 0.25) is 0 Å². The van der Waals surface area contributed by atoms with Crippen LogP contribution in [0.5, 0.6) is 23.0 Å². The molecular weight excluding hydrogens is 556 g/mol. The zero-order chi connectivity index (χ0) is 25.6. The predicted octanol–water partition coefficient (Wildman–Crippen LogP) is 9.44. The molecule has 1 aliphatic carbocycles. The Morgan fingerprint density at radius 1 is 0.622 bits per heavy atom. The standard InChI is InChI=1S/C28H11Cl4NO4/c29-22-20-21(23(30)25(32)24(22)31)28(35)13(27(20)34)9-12-10-18-26-19(11-12)37-17-8-4-2-6-15(17)33(26)14-5-1-3-7-16(14)36-18/h1-11H. The molecule has 0 saturated heterocycles. The monoisotopic (exact) mass is 565 g/mol. The summed E-state index contributed by atoms with van der Waals surface area (Å²) in [5, 5.41) is -0.369. The van der Waals surface area contributed by atoms with Gasteiger partial charge in [0.25, 0.3) is 0 Å². The lowest BCUT2D eigenvalue weighted by Gasteiger charge is -2.37. The zero-order valence-corrected chi connectivity index (χ0v) is 21.5. The maximum atomic E-state index is 13.3. The first-order valence-corrected chi connectivity index (χ1v) is 12.6. The van der Waals surface area contributed by atoms with Gasteiger partial charge < -0.3 is 9.47 Å². The molecule has 0 N–H and O–H groups in total. The van der Waals surface area contributed by atoms with E-state index in [2.05, 4.69) is 4.90 Å². The van der Waals surface area contributed by atoms with Crippen LogP contribution in [0.4, 0.5) is 17.1 Å². The zero-order valence-electron chi connectivity index (χ0n) is 18.4. The van der Waals surface area contributed by atoms with Crippen molar-refractivity contribution in [2.45, 2.75) is 0 Å². The number of para-hydroxylation sites is 4. The van der Waals surface area contributed by atoms with Gasteiger partial charge >= 0.3 is 0 Å². The average Bonchev–Trinajstić information content (AvgIpc) is 3.15. The van der Waals surface area contributed by atoms with Gasteiger partial charge in [0.1, 0.15) is 5.69 Å². The molecule has 37 heavy (non-hydrogen) atoms. The summed E-state index contributed by atoms with van der Waals surface area (Å²) >= 11 is 24.9. The van der Waals surface area contributed by atoms with Crippen LogP contribution in [0.3, 0.4) is 0 Å². The van der Waals surface area contributed by atoms with Crippen molar-refractivity contribution in [2.75, 3.05) is 4.90 Å². The van der Waals surface area contributed by atoms with Crippen molar-refractivity contribution >= 4 is 81.1 Å². The van der Waals surface area contributed by atoms with Crippen molar-refractivity contribution < 1.29 is 19.1 Å². The summed E-state index contributed by atoms with van der Waals surface area (Å²) in [6, 6.07) is 18.8. The molecule has 2 aliphatic heterocycles. The molecule has 9 heteroatoms. The molecule has 0 spiro atoms. The van der Waals surface area contributed by atoms with E-state index < -0.39 is 11.6 Å². The number of hydrogen-bond acceptors (Lipinski definition) is 5. The number of nitrogens with zero attached hydrogens (tertiary/aromatic N) is 1. The molecule has 0 radical (unpaired) electrons. The molecule has 4 aromatic carbocycles. The maximum absolute atomic E-state index is 13.3. The van der Waals surface area contributed by atoms with Gasteiger partial charge in [-0.2, -0.15) is 0 Å². The van der Waals surface area contributed by atoms with Crippen molar-refractivity contribution in [3.8, 4) is 23.0 Å². The molecular formula is C28H11Cl4NO4. The van der Waals surface area contributed by atoms with E-state index >= 15 is 0 Å². The summed E-state index contributed by atoms with van der Waals surface area (Å²) in [5.41, 5.74) is 2.74. The highest BCUT2D eigenvalue weighted by atomic mass is 35.5. The summed E-state index contributed by atoms with van der Waals surface area (Å²) in [6.45, 7) is 0. The number of halogens is 4. The molecule has 0 saturated carbocycles. The quantitative estimate of drug-likeness (QED) is 0.0858. The van der Waals surface area contributed by atoms with Gasteiger partial charge in [-0.25, -0.2) is 0 Å². The third-order valence-electron chi connectivity index (χ3n) is 6.46. The molecule has 0 aromatic heterocycles. The second-order valence-electron chi connectivity index (χ2n) is 8.56. The number of hydrogen-bond donors (Lipinski definition) is 0. The lowest BCUT2D eigenvalue weighted by atomic mass is 10.0. The van der Waals surface area contributed by atoms with E-state index in [1.165, 1.54) is 6.08 Å². The summed E-state index contributed by atoms with van der Waals surface area (Å²) in [7, 11) is 0. The van der Waals surface area contributed by atoms with Crippen LogP contribution in [-0.2, 0) is 0 Å². The van der Waals surface area contributed by atoms with Crippen molar-refractivity contribution in [1.29, 1.82) is 0 Å². The van der Waals surface area contributed by atoms with Gasteiger partial charge in [0, 0.05) is 0 Å². The first kappa shape index (κ1) is 22.7. The van der Waals surface area contributed by atoms with Gasteiger partial charge in [0.05, 0.1) is 48.2 Å². The number of rotatable bonds is 1. The Kier molecular flexibility index (Phi) is 4.91. The van der Waals surface area contributed by atoms with E-state index in [0.717, 1.165) is 17.1 Å². The number of ketones is 2. The minimum atomic E-state index is -0.587. The highest BCUT2D eigenvalue weighted by Crippen LogP contribution is 2.60. The number of ether oxygens (including phenoxy) is 2. The lowest BCUT2D eigenvalue weighted by Crippen LogP contribution is -2.20. The molecule has 0 amide bonds. The number of carbonyl (C=O) groups excluding carboxylic acids is 2.